The van der Waals surface area contributed by atoms with Gasteiger partial charge in [-0.25, -0.2) is 9.78 Å². The van der Waals surface area contributed by atoms with E-state index in [4.69, 9.17) is 4.74 Å². The lowest BCUT2D eigenvalue weighted by molar-refractivity contribution is -0.0418. The maximum atomic E-state index is 12.4. The van der Waals surface area contributed by atoms with Crippen molar-refractivity contribution in [1.29, 1.82) is 0 Å². The fourth-order valence-corrected chi connectivity index (χ4v) is 3.38. The zero-order valence-corrected chi connectivity index (χ0v) is 16.4. The van der Waals surface area contributed by atoms with Crippen molar-refractivity contribution >= 4 is 6.09 Å². The Morgan fingerprint density at radius 1 is 1.30 bits per heavy atom. The molecule has 0 saturated carbocycles. The highest BCUT2D eigenvalue weighted by molar-refractivity contribution is 5.67. The molecule has 1 N–H and O–H groups in total. The van der Waals surface area contributed by atoms with Gasteiger partial charge in [0.15, 0.2) is 0 Å². The first-order valence-corrected chi connectivity index (χ1v) is 9.45. The maximum absolute atomic E-state index is 12.4. The second kappa shape index (κ2) is 7.72. The van der Waals surface area contributed by atoms with E-state index in [0.717, 1.165) is 17.7 Å². The summed E-state index contributed by atoms with van der Waals surface area (Å²) in [6.45, 7) is 7.86. The van der Waals surface area contributed by atoms with Gasteiger partial charge in [0.25, 0.3) is 0 Å². The van der Waals surface area contributed by atoms with Crippen molar-refractivity contribution in [3.8, 4) is 0 Å². The Kier molecular flexibility index (Phi) is 5.56. The van der Waals surface area contributed by atoms with Crippen molar-refractivity contribution < 1.29 is 14.6 Å². The SMILES string of the molecule is CC(C)(C)c1cn(CC2(O)CCCN(C(=O)OCc3ccccc3)C2)cn1. The van der Waals surface area contributed by atoms with Crippen LogP contribution in [-0.2, 0) is 23.3 Å². The summed E-state index contributed by atoms with van der Waals surface area (Å²) in [5, 5.41) is 11.0. The molecule has 1 aromatic heterocycles. The van der Waals surface area contributed by atoms with Crippen molar-refractivity contribution in [2.45, 2.75) is 57.8 Å². The number of nitrogens with zero attached hydrogens (tertiary/aromatic N) is 3. The van der Waals surface area contributed by atoms with Crippen molar-refractivity contribution in [3.05, 3.63) is 54.1 Å². The third-order valence-electron chi connectivity index (χ3n) is 4.90. The van der Waals surface area contributed by atoms with Gasteiger partial charge in [0, 0.05) is 18.2 Å². The van der Waals surface area contributed by atoms with Gasteiger partial charge in [0.05, 0.1) is 25.1 Å². The lowest BCUT2D eigenvalue weighted by Crippen LogP contribution is -2.52. The number of piperidine rings is 1. The van der Waals surface area contributed by atoms with Crippen LogP contribution in [0.1, 0.15) is 44.9 Å². The molecule has 1 saturated heterocycles. The van der Waals surface area contributed by atoms with E-state index >= 15 is 0 Å². The fraction of sp³-hybridized carbons (Fsp3) is 0.524. The Balaban J connectivity index is 1.59. The van der Waals surface area contributed by atoms with Crippen molar-refractivity contribution in [2.24, 2.45) is 0 Å². The number of likely N-dealkylation sites (tertiary alicyclic amines) is 1. The van der Waals surface area contributed by atoms with Gasteiger partial charge in [0.1, 0.15) is 12.2 Å². The molecule has 2 heterocycles. The Hall–Kier alpha value is -2.34. The van der Waals surface area contributed by atoms with Crippen LogP contribution in [0.3, 0.4) is 0 Å². The van der Waals surface area contributed by atoms with Crippen molar-refractivity contribution in [3.63, 3.8) is 0 Å². The van der Waals surface area contributed by atoms with Crippen LogP contribution in [0.15, 0.2) is 42.9 Å². The number of hydrogen-bond donors (Lipinski definition) is 1. The number of carbonyl (C=O) groups is 1. The first-order chi connectivity index (χ1) is 12.8. The minimum atomic E-state index is -0.972. The van der Waals surface area contributed by atoms with Crippen LogP contribution in [-0.4, -0.2) is 44.3 Å². The third kappa shape index (κ3) is 5.10. The molecule has 27 heavy (non-hydrogen) atoms. The Labute approximate surface area is 160 Å². The predicted molar refractivity (Wildman–Crippen MR) is 103 cm³/mol. The van der Waals surface area contributed by atoms with Gasteiger partial charge in [-0.05, 0) is 18.4 Å². The average molecular weight is 371 g/mol. The fourth-order valence-electron chi connectivity index (χ4n) is 3.38. The number of hydrogen-bond acceptors (Lipinski definition) is 4. The van der Waals surface area contributed by atoms with Crippen LogP contribution < -0.4 is 0 Å². The molecule has 1 atom stereocenters. The van der Waals surface area contributed by atoms with Crippen LogP contribution >= 0.6 is 0 Å². The molecule has 0 radical (unpaired) electrons. The molecule has 1 aromatic carbocycles. The van der Waals surface area contributed by atoms with Gasteiger partial charge in [0.2, 0.25) is 0 Å². The van der Waals surface area contributed by atoms with Crippen LogP contribution in [0.5, 0.6) is 0 Å². The minimum Gasteiger partial charge on any atom is -0.445 e. The highest BCUT2D eigenvalue weighted by atomic mass is 16.6. The first kappa shape index (κ1) is 19.4. The number of benzene rings is 1. The monoisotopic (exact) mass is 371 g/mol. The molecule has 3 rings (SSSR count). The maximum Gasteiger partial charge on any atom is 0.410 e. The van der Waals surface area contributed by atoms with Gasteiger partial charge in [-0.15, -0.1) is 0 Å². The topological polar surface area (TPSA) is 67.6 Å². The van der Waals surface area contributed by atoms with Crippen molar-refractivity contribution in [1.82, 2.24) is 14.5 Å². The number of amides is 1. The second-order valence-corrected chi connectivity index (χ2v) is 8.47. The van der Waals surface area contributed by atoms with E-state index < -0.39 is 5.60 Å². The quantitative estimate of drug-likeness (QED) is 0.895. The van der Waals surface area contributed by atoms with Crippen LogP contribution in [0.2, 0.25) is 0 Å². The zero-order valence-electron chi connectivity index (χ0n) is 16.4. The molecule has 1 fully saturated rings. The van der Waals surface area contributed by atoms with E-state index in [2.05, 4.69) is 25.8 Å². The lowest BCUT2D eigenvalue weighted by atomic mass is 9.92. The van der Waals surface area contributed by atoms with E-state index in [-0.39, 0.29) is 24.7 Å². The third-order valence-corrected chi connectivity index (χ3v) is 4.90. The van der Waals surface area contributed by atoms with E-state index in [1.54, 1.807) is 11.2 Å². The molecule has 2 aromatic rings. The normalized spacial score (nSPS) is 20.5. The molecule has 0 spiro atoms. The number of aromatic nitrogens is 2. The largest absolute Gasteiger partial charge is 0.445 e. The summed E-state index contributed by atoms with van der Waals surface area (Å²) in [6.07, 6.45) is 4.75. The summed E-state index contributed by atoms with van der Waals surface area (Å²) in [4.78, 5) is 18.5. The zero-order chi connectivity index (χ0) is 19.5. The summed E-state index contributed by atoms with van der Waals surface area (Å²) in [7, 11) is 0. The molecule has 146 valence electrons. The first-order valence-electron chi connectivity index (χ1n) is 9.45. The van der Waals surface area contributed by atoms with E-state index in [0.29, 0.717) is 19.5 Å². The molecule has 1 aliphatic heterocycles. The van der Waals surface area contributed by atoms with Crippen molar-refractivity contribution in [2.75, 3.05) is 13.1 Å². The summed E-state index contributed by atoms with van der Waals surface area (Å²) in [6, 6.07) is 9.61. The molecular weight excluding hydrogens is 342 g/mol. The summed E-state index contributed by atoms with van der Waals surface area (Å²) >= 11 is 0. The van der Waals surface area contributed by atoms with Crippen LogP contribution in [0.4, 0.5) is 4.79 Å². The number of β-amino-alcohol motifs (C(OH)–C–C–N with tert-alkyl or cyclic N) is 1. The second-order valence-electron chi connectivity index (χ2n) is 8.47. The van der Waals surface area contributed by atoms with Crippen LogP contribution in [0, 0.1) is 0 Å². The Morgan fingerprint density at radius 2 is 2.04 bits per heavy atom. The smallest absolute Gasteiger partial charge is 0.410 e. The average Bonchev–Trinajstić information content (AvgIpc) is 3.09. The Bertz CT molecular complexity index is 766. The van der Waals surface area contributed by atoms with Gasteiger partial charge < -0.3 is 19.3 Å². The number of rotatable bonds is 4. The van der Waals surface area contributed by atoms with Gasteiger partial charge in [-0.2, -0.15) is 0 Å². The number of aliphatic hydroxyl groups is 1. The highest BCUT2D eigenvalue weighted by Gasteiger charge is 2.36. The molecule has 0 bridgehead atoms. The van der Waals surface area contributed by atoms with Gasteiger partial charge >= 0.3 is 6.09 Å². The standard InChI is InChI=1S/C21H29N3O3/c1-20(2,3)18-12-23(16-22-18)14-21(26)10-7-11-24(15-21)19(25)27-13-17-8-5-4-6-9-17/h4-6,8-9,12,16,26H,7,10-11,13-15H2,1-3H3. The summed E-state index contributed by atoms with van der Waals surface area (Å²) in [5.41, 5.74) is 0.931. The highest BCUT2D eigenvalue weighted by Crippen LogP contribution is 2.25. The summed E-state index contributed by atoms with van der Waals surface area (Å²) < 4.78 is 7.33. The molecule has 1 aliphatic rings. The molecule has 6 heteroatoms. The lowest BCUT2D eigenvalue weighted by Gasteiger charge is -2.38. The number of imidazole rings is 1. The molecule has 0 aliphatic carbocycles. The van der Waals surface area contributed by atoms with E-state index in [9.17, 15) is 9.90 Å². The van der Waals surface area contributed by atoms with E-state index in [1.165, 1.54) is 0 Å². The summed E-state index contributed by atoms with van der Waals surface area (Å²) in [5.74, 6) is 0. The number of ether oxygens (including phenoxy) is 1. The molecule has 1 amide bonds. The van der Waals surface area contributed by atoms with E-state index in [1.807, 2.05) is 41.1 Å². The molecular formula is C21H29N3O3. The van der Waals surface area contributed by atoms with Gasteiger partial charge in [-0.3, -0.25) is 0 Å². The molecule has 6 nitrogen and oxygen atoms in total. The van der Waals surface area contributed by atoms with Crippen LogP contribution in [0.25, 0.3) is 0 Å². The minimum absolute atomic E-state index is 0.0340. The van der Waals surface area contributed by atoms with Gasteiger partial charge in [-0.1, -0.05) is 51.1 Å². The molecule has 1 unspecified atom stereocenters. The number of carbonyl (C=O) groups excluding carboxylic acids is 1. The predicted octanol–water partition coefficient (Wildman–Crippen LogP) is 3.34. The Morgan fingerprint density at radius 3 is 2.70 bits per heavy atom.